The average Bonchev–Trinajstić information content (AvgIpc) is 2.81. The molecule has 0 amide bonds. The van der Waals surface area contributed by atoms with Crippen LogP contribution in [0.15, 0.2) is 14.7 Å². The number of nitrogens with one attached hydrogen (secondary N) is 1. The first-order valence-electron chi connectivity index (χ1n) is 7.02. The minimum atomic E-state index is -3.42. The topological polar surface area (TPSA) is 72.2 Å². The molecule has 0 aliphatic heterocycles. The highest BCUT2D eigenvalue weighted by Crippen LogP contribution is 2.65. The maximum Gasteiger partial charge on any atom is 0.242 e. The van der Waals surface area contributed by atoms with E-state index < -0.39 is 10.0 Å². The van der Waals surface area contributed by atoms with E-state index >= 15 is 0 Å². The van der Waals surface area contributed by atoms with E-state index in [4.69, 9.17) is 5.73 Å². The molecule has 0 radical (unpaired) electrons. The molecule has 4 unspecified atom stereocenters. The van der Waals surface area contributed by atoms with Gasteiger partial charge < -0.3 is 5.73 Å². The van der Waals surface area contributed by atoms with Crippen molar-refractivity contribution in [2.45, 2.75) is 36.7 Å². The first-order valence-corrected chi connectivity index (χ1v) is 10.1. The molecule has 3 saturated carbocycles. The Labute approximate surface area is 131 Å². The molecule has 3 aliphatic rings. The van der Waals surface area contributed by atoms with Crippen molar-refractivity contribution in [2.24, 2.45) is 29.4 Å². The largest absolute Gasteiger partial charge is 0.326 e. The standard InChI is InChI=1S/C13H17BrN2O2S2/c14-13-9(4-8(5-15)19-13)20(17,18)16-12-10-6-1-2-7(3-6)11(10)12/h4,6-7,10-12,16H,1-3,5,15H2. The fourth-order valence-electron chi connectivity index (χ4n) is 4.41. The lowest BCUT2D eigenvalue weighted by Gasteiger charge is -2.10. The van der Waals surface area contributed by atoms with E-state index in [0.29, 0.717) is 27.1 Å². The van der Waals surface area contributed by atoms with Crippen LogP contribution in [0.5, 0.6) is 0 Å². The van der Waals surface area contributed by atoms with Crippen LogP contribution in [0.3, 0.4) is 0 Å². The van der Waals surface area contributed by atoms with Gasteiger partial charge in [-0.25, -0.2) is 13.1 Å². The molecule has 1 aromatic rings. The van der Waals surface area contributed by atoms with Crippen molar-refractivity contribution >= 4 is 37.3 Å². The van der Waals surface area contributed by atoms with Crippen molar-refractivity contribution in [3.05, 3.63) is 14.7 Å². The molecule has 3 aliphatic carbocycles. The zero-order chi connectivity index (χ0) is 14.1. The highest BCUT2D eigenvalue weighted by molar-refractivity contribution is 9.11. The molecule has 0 saturated heterocycles. The smallest absolute Gasteiger partial charge is 0.242 e. The fraction of sp³-hybridized carbons (Fsp3) is 0.692. The van der Waals surface area contributed by atoms with Gasteiger partial charge in [0, 0.05) is 17.5 Å². The van der Waals surface area contributed by atoms with Crippen molar-refractivity contribution in [1.29, 1.82) is 0 Å². The lowest BCUT2D eigenvalue weighted by Crippen LogP contribution is -2.30. The van der Waals surface area contributed by atoms with Gasteiger partial charge in [-0.1, -0.05) is 0 Å². The summed E-state index contributed by atoms with van der Waals surface area (Å²) in [6, 6.07) is 1.86. The number of halogens is 1. The van der Waals surface area contributed by atoms with Crippen LogP contribution in [-0.2, 0) is 16.6 Å². The van der Waals surface area contributed by atoms with E-state index in [1.807, 2.05) is 0 Å². The summed E-state index contributed by atoms with van der Waals surface area (Å²) >= 11 is 4.74. The number of thiophene rings is 1. The Hall–Kier alpha value is 0.0500. The number of rotatable bonds is 4. The molecule has 110 valence electrons. The van der Waals surface area contributed by atoms with E-state index in [2.05, 4.69) is 20.7 Å². The van der Waals surface area contributed by atoms with Crippen LogP contribution < -0.4 is 10.5 Å². The molecule has 20 heavy (non-hydrogen) atoms. The second-order valence-corrected chi connectivity index (χ2v) is 10.3. The van der Waals surface area contributed by atoms with Crippen molar-refractivity contribution in [1.82, 2.24) is 4.72 Å². The Balaban J connectivity index is 1.55. The Morgan fingerprint density at radius 1 is 1.35 bits per heavy atom. The van der Waals surface area contributed by atoms with Gasteiger partial charge in [0.25, 0.3) is 0 Å². The van der Waals surface area contributed by atoms with Gasteiger partial charge in [0.05, 0.1) is 3.79 Å². The van der Waals surface area contributed by atoms with Gasteiger partial charge in [-0.2, -0.15) is 0 Å². The van der Waals surface area contributed by atoms with Gasteiger partial charge in [0.15, 0.2) is 0 Å². The van der Waals surface area contributed by atoms with Crippen molar-refractivity contribution < 1.29 is 8.42 Å². The van der Waals surface area contributed by atoms with E-state index in [1.54, 1.807) is 6.07 Å². The summed E-state index contributed by atoms with van der Waals surface area (Å²) in [5, 5.41) is 0. The van der Waals surface area contributed by atoms with Crippen molar-refractivity contribution in [2.75, 3.05) is 0 Å². The number of sulfonamides is 1. The summed E-state index contributed by atoms with van der Waals surface area (Å²) in [5.74, 6) is 2.75. The van der Waals surface area contributed by atoms with Gasteiger partial charge >= 0.3 is 0 Å². The minimum absolute atomic E-state index is 0.180. The first-order chi connectivity index (χ1) is 9.51. The third-order valence-electron chi connectivity index (χ3n) is 5.22. The molecule has 4 nitrogen and oxygen atoms in total. The van der Waals surface area contributed by atoms with Gasteiger partial charge in [-0.05, 0) is 64.9 Å². The van der Waals surface area contributed by atoms with Crippen LogP contribution in [0.4, 0.5) is 0 Å². The minimum Gasteiger partial charge on any atom is -0.326 e. The molecule has 2 bridgehead atoms. The quantitative estimate of drug-likeness (QED) is 0.846. The van der Waals surface area contributed by atoms with E-state index in [-0.39, 0.29) is 6.04 Å². The molecule has 0 spiro atoms. The average molecular weight is 377 g/mol. The molecule has 4 rings (SSSR count). The molecule has 7 heteroatoms. The van der Waals surface area contributed by atoms with Gasteiger partial charge in [0.1, 0.15) is 4.90 Å². The van der Waals surface area contributed by atoms with Gasteiger partial charge in [0.2, 0.25) is 10.0 Å². The summed E-state index contributed by atoms with van der Waals surface area (Å²) in [6.45, 7) is 0.373. The lowest BCUT2D eigenvalue weighted by atomic mass is 10.0. The molecule has 3 N–H and O–H groups in total. The van der Waals surface area contributed by atoms with Crippen LogP contribution in [0.25, 0.3) is 0 Å². The Morgan fingerprint density at radius 3 is 2.55 bits per heavy atom. The normalized spacial score (nSPS) is 38.2. The first kappa shape index (κ1) is 13.7. The molecule has 4 atom stereocenters. The number of nitrogens with two attached hydrogens (primary N) is 1. The lowest BCUT2D eigenvalue weighted by molar-refractivity contribution is 0.456. The zero-order valence-electron chi connectivity index (χ0n) is 10.9. The summed E-state index contributed by atoms with van der Waals surface area (Å²) in [6.07, 6.45) is 3.92. The predicted molar refractivity (Wildman–Crippen MR) is 81.8 cm³/mol. The number of hydrogen-bond donors (Lipinski definition) is 2. The summed E-state index contributed by atoms with van der Waals surface area (Å²) in [4.78, 5) is 1.23. The third kappa shape index (κ3) is 1.94. The number of hydrogen-bond acceptors (Lipinski definition) is 4. The Kier molecular flexibility index (Phi) is 3.10. The molecule has 1 heterocycles. The van der Waals surface area contributed by atoms with Crippen LogP contribution in [0.1, 0.15) is 24.1 Å². The highest BCUT2D eigenvalue weighted by Gasteiger charge is 2.65. The van der Waals surface area contributed by atoms with Crippen molar-refractivity contribution in [3.8, 4) is 0 Å². The van der Waals surface area contributed by atoms with E-state index in [9.17, 15) is 8.42 Å². The predicted octanol–water partition coefficient (Wildman–Crippen LogP) is 2.29. The maximum atomic E-state index is 12.5. The van der Waals surface area contributed by atoms with Gasteiger partial charge in [-0.15, -0.1) is 11.3 Å². The van der Waals surface area contributed by atoms with Crippen molar-refractivity contribution in [3.63, 3.8) is 0 Å². The van der Waals surface area contributed by atoms with Crippen LogP contribution in [0, 0.1) is 23.7 Å². The summed E-state index contributed by atoms with van der Waals surface area (Å²) < 4.78 is 28.6. The molecule has 1 aromatic heterocycles. The Morgan fingerprint density at radius 2 is 2.00 bits per heavy atom. The fourth-order valence-corrected chi connectivity index (χ4v) is 8.27. The van der Waals surface area contributed by atoms with Gasteiger partial charge in [-0.3, -0.25) is 0 Å². The van der Waals surface area contributed by atoms with Crippen LogP contribution >= 0.6 is 27.3 Å². The van der Waals surface area contributed by atoms with E-state index in [1.165, 1.54) is 30.6 Å². The molecule has 3 fully saturated rings. The monoisotopic (exact) mass is 376 g/mol. The highest BCUT2D eigenvalue weighted by atomic mass is 79.9. The van der Waals surface area contributed by atoms with Crippen LogP contribution in [0.2, 0.25) is 0 Å². The molecular formula is C13H17BrN2O2S2. The Bertz CT molecular complexity index is 641. The second kappa shape index (κ2) is 4.52. The van der Waals surface area contributed by atoms with Crippen LogP contribution in [-0.4, -0.2) is 14.5 Å². The van der Waals surface area contributed by atoms with E-state index in [0.717, 1.165) is 16.7 Å². The summed E-state index contributed by atoms with van der Waals surface area (Å²) in [7, 11) is -3.42. The maximum absolute atomic E-state index is 12.5. The summed E-state index contributed by atoms with van der Waals surface area (Å²) in [5.41, 5.74) is 5.58. The second-order valence-electron chi connectivity index (χ2n) is 6.19. The number of fused-ring (bicyclic) bond motifs is 5. The molecular weight excluding hydrogens is 360 g/mol. The zero-order valence-corrected chi connectivity index (χ0v) is 14.1. The third-order valence-corrected chi connectivity index (χ3v) is 8.96. The molecule has 0 aromatic carbocycles. The SMILES string of the molecule is NCc1cc(S(=O)(=O)NC2C3C4CCC(C4)C23)c(Br)s1.